The molecule has 0 bridgehead atoms. The van der Waals surface area contributed by atoms with Crippen LogP contribution in [0.2, 0.25) is 0 Å². The molecule has 2 heteroatoms. The summed E-state index contributed by atoms with van der Waals surface area (Å²) in [5, 5.41) is 7.68. The van der Waals surface area contributed by atoms with Crippen molar-refractivity contribution in [1.82, 2.24) is 5.43 Å². The van der Waals surface area contributed by atoms with Gasteiger partial charge >= 0.3 is 0 Å². The number of nitrogens with one attached hydrogen (secondary N) is 2. The van der Waals surface area contributed by atoms with E-state index in [4.69, 9.17) is 0 Å². The van der Waals surface area contributed by atoms with Crippen LogP contribution < -0.4 is 10.9 Å². The van der Waals surface area contributed by atoms with Gasteiger partial charge in [0.25, 0.3) is 0 Å². The van der Waals surface area contributed by atoms with E-state index in [2.05, 4.69) is 77.6 Å². The summed E-state index contributed by atoms with van der Waals surface area (Å²) in [4.78, 5) is 0. The third-order valence-electron chi connectivity index (χ3n) is 4.38. The number of hydrogen-bond donors (Lipinski definition) is 2. The predicted molar refractivity (Wildman–Crippen MR) is 94.8 cm³/mol. The first-order chi connectivity index (χ1) is 10.9. The number of benzene rings is 4. The molecule has 4 aromatic carbocycles. The van der Waals surface area contributed by atoms with Gasteiger partial charge in [-0.2, -0.15) is 0 Å². The van der Waals surface area contributed by atoms with Crippen molar-refractivity contribution in [2.75, 3.05) is 5.43 Å². The minimum Gasteiger partial charge on any atom is -0.308 e. The Bertz CT molecular complexity index is 1080. The molecule has 0 aromatic heterocycles. The molecule has 0 fully saturated rings. The van der Waals surface area contributed by atoms with Gasteiger partial charge in [0, 0.05) is 11.8 Å². The zero-order chi connectivity index (χ0) is 14.5. The van der Waals surface area contributed by atoms with Crippen LogP contribution in [0.5, 0.6) is 0 Å². The summed E-state index contributed by atoms with van der Waals surface area (Å²) in [6, 6.07) is 22.1. The zero-order valence-corrected chi connectivity index (χ0v) is 11.9. The highest BCUT2D eigenvalue weighted by Gasteiger charge is 2.07. The summed E-state index contributed by atoms with van der Waals surface area (Å²) in [7, 11) is 0. The molecule has 0 atom stereocenters. The van der Waals surface area contributed by atoms with Gasteiger partial charge in [-0.3, -0.25) is 0 Å². The van der Waals surface area contributed by atoms with Crippen molar-refractivity contribution in [2.24, 2.45) is 0 Å². The maximum Gasteiger partial charge on any atom is 0.0618 e. The number of rotatable bonds is 0. The Hall–Kier alpha value is -3.00. The molecule has 1 aliphatic heterocycles. The third-order valence-corrected chi connectivity index (χ3v) is 4.38. The fourth-order valence-corrected chi connectivity index (χ4v) is 3.26. The maximum absolute atomic E-state index is 3.20. The first kappa shape index (κ1) is 11.6. The Balaban J connectivity index is 1.87. The van der Waals surface area contributed by atoms with Crippen LogP contribution in [0.3, 0.4) is 0 Å². The van der Waals surface area contributed by atoms with Crippen molar-refractivity contribution < 1.29 is 0 Å². The Morgan fingerprint density at radius 3 is 1.91 bits per heavy atom. The Morgan fingerprint density at radius 2 is 1.18 bits per heavy atom. The molecule has 2 nitrogen and oxygen atoms in total. The van der Waals surface area contributed by atoms with E-state index in [1.165, 1.54) is 37.9 Å². The summed E-state index contributed by atoms with van der Waals surface area (Å²) >= 11 is 0. The highest BCUT2D eigenvalue weighted by Crippen LogP contribution is 2.31. The molecule has 0 spiro atoms. The van der Waals surface area contributed by atoms with Gasteiger partial charge in [0.05, 0.1) is 5.69 Å². The van der Waals surface area contributed by atoms with Gasteiger partial charge < -0.3 is 10.9 Å². The van der Waals surface area contributed by atoms with Crippen LogP contribution in [-0.2, 0) is 0 Å². The highest BCUT2D eigenvalue weighted by molar-refractivity contribution is 6.06. The van der Waals surface area contributed by atoms with Crippen molar-refractivity contribution in [3.8, 4) is 0 Å². The molecule has 2 N–H and O–H groups in total. The van der Waals surface area contributed by atoms with E-state index in [-0.39, 0.29) is 0 Å². The molecule has 104 valence electrons. The Morgan fingerprint density at radius 1 is 0.591 bits per heavy atom. The fourth-order valence-electron chi connectivity index (χ4n) is 3.26. The maximum atomic E-state index is 3.20. The Labute approximate surface area is 128 Å². The van der Waals surface area contributed by atoms with E-state index in [0.717, 1.165) is 5.69 Å². The molecular formula is C20H14N2. The van der Waals surface area contributed by atoms with Crippen LogP contribution in [-0.4, -0.2) is 0 Å². The predicted octanol–water partition coefficient (Wildman–Crippen LogP) is 5.05. The summed E-state index contributed by atoms with van der Waals surface area (Å²) in [5.74, 6) is 0. The van der Waals surface area contributed by atoms with Gasteiger partial charge in [-0.1, -0.05) is 24.3 Å². The molecule has 0 aliphatic carbocycles. The van der Waals surface area contributed by atoms with Gasteiger partial charge in [0.1, 0.15) is 0 Å². The van der Waals surface area contributed by atoms with Gasteiger partial charge in [0.15, 0.2) is 0 Å². The standard InChI is InChI=1S/C20H14N2/c1-2-4-14-8-17-11-19-12-20-15(5-6-21-22-20)9-18(19)10-16(17)7-13(14)3-1/h1-12,21-22H. The van der Waals surface area contributed by atoms with Crippen LogP contribution >= 0.6 is 0 Å². The first-order valence-corrected chi connectivity index (χ1v) is 7.45. The molecule has 5 rings (SSSR count). The minimum absolute atomic E-state index is 1.12. The van der Waals surface area contributed by atoms with Crippen LogP contribution in [0.4, 0.5) is 5.69 Å². The quantitative estimate of drug-likeness (QED) is 0.441. The van der Waals surface area contributed by atoms with Gasteiger partial charge in [-0.25, -0.2) is 0 Å². The van der Waals surface area contributed by atoms with E-state index in [0.29, 0.717) is 0 Å². The van der Waals surface area contributed by atoms with Crippen LogP contribution in [0.1, 0.15) is 5.56 Å². The lowest BCUT2D eigenvalue weighted by Gasteiger charge is -2.16. The number of hydrogen-bond acceptors (Lipinski definition) is 2. The molecule has 0 radical (unpaired) electrons. The minimum atomic E-state index is 1.12. The summed E-state index contributed by atoms with van der Waals surface area (Å²) in [6.07, 6.45) is 4.01. The number of hydrazine groups is 1. The SMILES string of the molecule is C1=Cc2cc3cc4cc5ccccc5cc4cc3cc2NN1. The molecular weight excluding hydrogens is 268 g/mol. The zero-order valence-electron chi connectivity index (χ0n) is 11.9. The smallest absolute Gasteiger partial charge is 0.0618 e. The van der Waals surface area contributed by atoms with Gasteiger partial charge in [0.2, 0.25) is 0 Å². The lowest BCUT2D eigenvalue weighted by Crippen LogP contribution is -2.17. The molecule has 0 saturated heterocycles. The lowest BCUT2D eigenvalue weighted by atomic mass is 9.98. The van der Waals surface area contributed by atoms with E-state index < -0.39 is 0 Å². The lowest BCUT2D eigenvalue weighted by molar-refractivity contribution is 1.05. The highest BCUT2D eigenvalue weighted by atomic mass is 15.3. The summed E-state index contributed by atoms with van der Waals surface area (Å²) < 4.78 is 0. The second-order valence-corrected chi connectivity index (χ2v) is 5.79. The number of fused-ring (bicyclic) bond motifs is 4. The van der Waals surface area contributed by atoms with Crippen LogP contribution in [0, 0.1) is 0 Å². The van der Waals surface area contributed by atoms with Crippen molar-refractivity contribution in [3.05, 3.63) is 72.4 Å². The molecule has 1 aliphatic rings. The van der Waals surface area contributed by atoms with E-state index in [1.54, 1.807) is 0 Å². The second-order valence-electron chi connectivity index (χ2n) is 5.79. The normalized spacial score (nSPS) is 13.1. The van der Waals surface area contributed by atoms with E-state index in [9.17, 15) is 0 Å². The average molecular weight is 282 g/mol. The Kier molecular flexibility index (Phi) is 2.25. The summed E-state index contributed by atoms with van der Waals surface area (Å²) in [6.45, 7) is 0. The van der Waals surface area contributed by atoms with Crippen molar-refractivity contribution in [1.29, 1.82) is 0 Å². The fraction of sp³-hybridized carbons (Fsp3) is 0. The summed E-state index contributed by atoms with van der Waals surface area (Å²) in [5.41, 5.74) is 8.57. The number of anilines is 1. The average Bonchev–Trinajstić information content (AvgIpc) is 2.56. The van der Waals surface area contributed by atoms with Gasteiger partial charge in [-0.05, 0) is 74.8 Å². The largest absolute Gasteiger partial charge is 0.308 e. The van der Waals surface area contributed by atoms with Crippen LogP contribution in [0.25, 0.3) is 38.4 Å². The second kappa shape index (κ2) is 4.25. The third kappa shape index (κ3) is 1.67. The van der Waals surface area contributed by atoms with Crippen molar-refractivity contribution >= 4 is 44.1 Å². The topological polar surface area (TPSA) is 24.1 Å². The molecule has 4 aromatic rings. The van der Waals surface area contributed by atoms with E-state index >= 15 is 0 Å². The van der Waals surface area contributed by atoms with E-state index in [1.807, 2.05) is 6.20 Å². The van der Waals surface area contributed by atoms with Crippen molar-refractivity contribution in [2.45, 2.75) is 0 Å². The molecule has 22 heavy (non-hydrogen) atoms. The molecule has 0 saturated carbocycles. The molecule has 0 unspecified atom stereocenters. The monoisotopic (exact) mass is 282 g/mol. The van der Waals surface area contributed by atoms with Crippen LogP contribution in [0.15, 0.2) is 66.9 Å². The van der Waals surface area contributed by atoms with Gasteiger partial charge in [-0.15, -0.1) is 0 Å². The molecule has 0 amide bonds. The first-order valence-electron chi connectivity index (χ1n) is 7.45. The van der Waals surface area contributed by atoms with Crippen molar-refractivity contribution in [3.63, 3.8) is 0 Å². The molecule has 1 heterocycles.